The molecule has 0 amide bonds. The van der Waals surface area contributed by atoms with Gasteiger partial charge < -0.3 is 19.7 Å². The van der Waals surface area contributed by atoms with E-state index >= 15 is 0 Å². The summed E-state index contributed by atoms with van der Waals surface area (Å²) in [5.74, 6) is 0.0643. The van der Waals surface area contributed by atoms with Crippen molar-refractivity contribution in [3.8, 4) is 17.7 Å². The molecular weight excluding hydrogens is 268 g/mol. The van der Waals surface area contributed by atoms with E-state index in [4.69, 9.17) is 10.00 Å². The Morgan fingerprint density at radius 3 is 3.00 bits per heavy atom. The molecule has 1 heterocycles. The summed E-state index contributed by atoms with van der Waals surface area (Å²) in [5.41, 5.74) is 0.392. The smallest absolute Gasteiger partial charge is 0.318 e. The van der Waals surface area contributed by atoms with Gasteiger partial charge in [-0.25, -0.2) is 0 Å². The maximum atomic E-state index is 11.2. The number of aromatic nitrogens is 2. The first kappa shape index (κ1) is 13.1. The largest absolute Gasteiger partial charge is 0.546 e. The van der Waals surface area contributed by atoms with Crippen LogP contribution in [0.2, 0.25) is 0 Å². The van der Waals surface area contributed by atoms with Crippen molar-refractivity contribution in [2.75, 3.05) is 11.9 Å². The van der Waals surface area contributed by atoms with Crippen molar-refractivity contribution in [2.24, 2.45) is 0 Å². The molecule has 98 valence electrons. The van der Waals surface area contributed by atoms with E-state index in [0.29, 0.717) is 6.61 Å². The third-order valence-corrected chi connectivity index (χ3v) is 2.88. The molecule has 2 aromatic rings. The second-order valence-corrected chi connectivity index (χ2v) is 4.27. The maximum Gasteiger partial charge on any atom is 0.318 e. The Balaban J connectivity index is 2.34. The van der Waals surface area contributed by atoms with E-state index in [0.717, 1.165) is 0 Å². The highest BCUT2D eigenvalue weighted by atomic mass is 32.2. The van der Waals surface area contributed by atoms with Gasteiger partial charge in [-0.2, -0.15) is 5.26 Å². The number of rotatable bonds is 4. The van der Waals surface area contributed by atoms with Crippen LogP contribution in [-0.4, -0.2) is 25.0 Å². The van der Waals surface area contributed by atoms with Gasteiger partial charge in [0.05, 0.1) is 17.9 Å². The van der Waals surface area contributed by atoms with Crippen molar-refractivity contribution in [3.63, 3.8) is 0 Å². The number of phenols is 1. The number of nitriles is 1. The predicted octanol–water partition coefficient (Wildman–Crippen LogP) is 1.92. The Morgan fingerprint density at radius 2 is 2.32 bits per heavy atom. The molecule has 1 atom stereocenters. The number of aromatic hydroxyl groups is 1. The molecule has 0 bridgehead atoms. The number of hydrogen-bond acceptors (Lipinski definition) is 7. The molecule has 1 aromatic heterocycles. The SMILES string of the molecule is CCOc1n[s+]([O-])nc1Nc1cccc(C#N)c1O. The molecule has 0 spiro atoms. The second kappa shape index (κ2) is 5.51. The number of nitrogens with zero attached hydrogens (tertiary/aromatic N) is 3. The van der Waals surface area contributed by atoms with Crippen LogP contribution in [0.4, 0.5) is 11.5 Å². The lowest BCUT2D eigenvalue weighted by molar-refractivity contribution is 0.331. The summed E-state index contributed by atoms with van der Waals surface area (Å²) in [6.07, 6.45) is 0. The molecule has 0 aliphatic carbocycles. The average molecular weight is 278 g/mol. The van der Waals surface area contributed by atoms with Gasteiger partial charge in [0.2, 0.25) is 0 Å². The molecule has 0 aliphatic heterocycles. The highest BCUT2D eigenvalue weighted by Crippen LogP contribution is 2.33. The van der Waals surface area contributed by atoms with Crippen LogP contribution in [0.5, 0.6) is 11.6 Å². The summed E-state index contributed by atoms with van der Waals surface area (Å²) in [6, 6.07) is 6.49. The Bertz CT molecular complexity index is 635. The van der Waals surface area contributed by atoms with E-state index in [-0.39, 0.29) is 28.7 Å². The number of anilines is 2. The molecule has 0 fully saturated rings. The highest BCUT2D eigenvalue weighted by Gasteiger charge is 2.18. The quantitative estimate of drug-likeness (QED) is 0.648. The molecule has 19 heavy (non-hydrogen) atoms. The molecular formula is C11H10N4O3S. The second-order valence-electron chi connectivity index (χ2n) is 3.44. The molecule has 2 rings (SSSR count). The fourth-order valence-corrected chi connectivity index (χ4v) is 2.02. The van der Waals surface area contributed by atoms with Crippen LogP contribution in [-0.2, 0) is 0 Å². The minimum absolute atomic E-state index is 0.114. The van der Waals surface area contributed by atoms with Crippen LogP contribution in [0.1, 0.15) is 12.5 Å². The minimum Gasteiger partial charge on any atom is -0.546 e. The summed E-state index contributed by atoms with van der Waals surface area (Å²) in [5, 5.41) is 21.4. The van der Waals surface area contributed by atoms with E-state index in [9.17, 15) is 9.66 Å². The third-order valence-electron chi connectivity index (χ3n) is 2.22. The normalized spacial score (nSPS) is 10.9. The van der Waals surface area contributed by atoms with Gasteiger partial charge in [-0.1, -0.05) is 6.07 Å². The van der Waals surface area contributed by atoms with E-state index in [2.05, 4.69) is 14.1 Å². The van der Waals surface area contributed by atoms with Crippen LogP contribution in [0, 0.1) is 11.3 Å². The van der Waals surface area contributed by atoms with Crippen molar-refractivity contribution >= 4 is 22.6 Å². The average Bonchev–Trinajstić information content (AvgIpc) is 2.73. The van der Waals surface area contributed by atoms with Crippen molar-refractivity contribution < 1.29 is 14.4 Å². The molecule has 0 saturated carbocycles. The van der Waals surface area contributed by atoms with Gasteiger partial charge in [-0.15, -0.1) is 0 Å². The first-order valence-electron chi connectivity index (χ1n) is 5.37. The van der Waals surface area contributed by atoms with E-state index < -0.39 is 11.1 Å². The van der Waals surface area contributed by atoms with Crippen LogP contribution in [0.3, 0.4) is 0 Å². The summed E-state index contributed by atoms with van der Waals surface area (Å²) in [7, 11) is 0. The summed E-state index contributed by atoms with van der Waals surface area (Å²) in [4.78, 5) is 0. The zero-order valence-corrected chi connectivity index (χ0v) is 10.8. The Labute approximate surface area is 112 Å². The van der Waals surface area contributed by atoms with Crippen LogP contribution >= 0.6 is 11.1 Å². The lowest BCUT2D eigenvalue weighted by Crippen LogP contribution is -1.98. The molecule has 2 N–H and O–H groups in total. The predicted molar refractivity (Wildman–Crippen MR) is 68.0 cm³/mol. The van der Waals surface area contributed by atoms with Gasteiger partial charge in [0.15, 0.2) is 16.9 Å². The van der Waals surface area contributed by atoms with Crippen LogP contribution < -0.4 is 10.1 Å². The molecule has 1 unspecified atom stereocenters. The van der Waals surface area contributed by atoms with Gasteiger partial charge in [0.25, 0.3) is 5.82 Å². The standard InChI is InChI=1S/C11H10N4O3S/c1-2-18-11-10(14-19(17)15-11)13-8-5-3-4-7(6-12)9(8)16/h3-5,16H,2H2,1H3,(H,13,14). The molecule has 0 radical (unpaired) electrons. The molecule has 1 aromatic carbocycles. The molecule has 0 saturated heterocycles. The molecule has 7 nitrogen and oxygen atoms in total. The number of hydrogen-bond donors (Lipinski definition) is 2. The van der Waals surface area contributed by atoms with Gasteiger partial charge in [-0.05, 0) is 19.1 Å². The van der Waals surface area contributed by atoms with Gasteiger partial charge in [0, 0.05) is 8.75 Å². The van der Waals surface area contributed by atoms with E-state index in [1.54, 1.807) is 19.1 Å². The first-order valence-corrected chi connectivity index (χ1v) is 6.43. The highest BCUT2D eigenvalue weighted by molar-refractivity contribution is 7.14. The summed E-state index contributed by atoms with van der Waals surface area (Å²) in [6.45, 7) is 2.11. The fraction of sp³-hybridized carbons (Fsp3) is 0.182. The van der Waals surface area contributed by atoms with Gasteiger partial charge in [0.1, 0.15) is 6.07 Å². The minimum atomic E-state index is -1.73. The Kier molecular flexibility index (Phi) is 3.79. The monoisotopic (exact) mass is 278 g/mol. The molecule has 8 heteroatoms. The number of nitrogens with one attached hydrogen (secondary N) is 1. The summed E-state index contributed by atoms with van der Waals surface area (Å²) >= 11 is -1.73. The lowest BCUT2D eigenvalue weighted by atomic mass is 10.2. The van der Waals surface area contributed by atoms with Crippen molar-refractivity contribution in [2.45, 2.75) is 6.92 Å². The number of benzene rings is 1. The Hall–Kier alpha value is -2.37. The number of para-hydroxylation sites is 1. The Morgan fingerprint density at radius 1 is 1.53 bits per heavy atom. The number of phenolic OH excluding ortho intramolecular Hbond substituents is 1. The van der Waals surface area contributed by atoms with Gasteiger partial charge >= 0.3 is 5.88 Å². The lowest BCUT2D eigenvalue weighted by Gasteiger charge is -2.06. The van der Waals surface area contributed by atoms with E-state index in [1.165, 1.54) is 6.07 Å². The topological polar surface area (TPSA) is 114 Å². The fourth-order valence-electron chi connectivity index (χ4n) is 1.42. The van der Waals surface area contributed by atoms with Gasteiger partial charge in [-0.3, -0.25) is 0 Å². The van der Waals surface area contributed by atoms with Crippen molar-refractivity contribution in [1.29, 1.82) is 5.26 Å². The van der Waals surface area contributed by atoms with Crippen LogP contribution in [0.15, 0.2) is 18.2 Å². The zero-order valence-electron chi connectivity index (χ0n) is 9.95. The van der Waals surface area contributed by atoms with Crippen molar-refractivity contribution in [1.82, 2.24) is 8.75 Å². The maximum absolute atomic E-state index is 11.2. The van der Waals surface area contributed by atoms with Crippen LogP contribution in [0.25, 0.3) is 0 Å². The summed E-state index contributed by atoms with van der Waals surface area (Å²) < 4.78 is 23.8. The molecule has 0 aliphatic rings. The van der Waals surface area contributed by atoms with Crippen molar-refractivity contribution in [3.05, 3.63) is 23.8 Å². The first-order chi connectivity index (χ1) is 9.15. The van der Waals surface area contributed by atoms with E-state index in [1.807, 2.05) is 6.07 Å². The number of ether oxygens (including phenoxy) is 1. The zero-order chi connectivity index (χ0) is 13.8. The third kappa shape index (κ3) is 2.73.